The fourth-order valence-corrected chi connectivity index (χ4v) is 1.52. The molecule has 0 aliphatic heterocycles. The molecule has 1 amide bonds. The third-order valence-corrected chi connectivity index (χ3v) is 2.20. The van der Waals surface area contributed by atoms with E-state index in [1.54, 1.807) is 11.8 Å². The smallest absolute Gasteiger partial charge is 0.291 e. The molecule has 0 aliphatic carbocycles. The molecule has 0 aromatic carbocycles. The standard InChI is InChI=1S/C10H15N3O2S/c1-3-4-13(5-8(11)16)10(14)9-7(2)12-6-15-9/h6H,3-5H2,1-2H3,(H2,11,16). The van der Waals surface area contributed by atoms with Crippen LogP contribution in [0.15, 0.2) is 10.8 Å². The highest BCUT2D eigenvalue weighted by Crippen LogP contribution is 2.09. The zero-order chi connectivity index (χ0) is 12.1. The molecule has 0 saturated heterocycles. The average Bonchev–Trinajstić information content (AvgIpc) is 2.62. The normalized spacial score (nSPS) is 10.1. The van der Waals surface area contributed by atoms with E-state index in [1.165, 1.54) is 6.39 Å². The van der Waals surface area contributed by atoms with Crippen LogP contribution in [-0.2, 0) is 0 Å². The monoisotopic (exact) mass is 241 g/mol. The molecule has 0 spiro atoms. The van der Waals surface area contributed by atoms with Crippen molar-refractivity contribution >= 4 is 23.1 Å². The van der Waals surface area contributed by atoms with Gasteiger partial charge in [-0.1, -0.05) is 19.1 Å². The van der Waals surface area contributed by atoms with Crippen molar-refractivity contribution in [2.75, 3.05) is 13.1 Å². The molecule has 0 aliphatic rings. The summed E-state index contributed by atoms with van der Waals surface area (Å²) >= 11 is 4.81. The quantitative estimate of drug-likeness (QED) is 0.782. The molecule has 6 heteroatoms. The number of carbonyl (C=O) groups excluding carboxylic acids is 1. The van der Waals surface area contributed by atoms with Crippen molar-refractivity contribution in [2.24, 2.45) is 5.73 Å². The SMILES string of the molecule is CCCN(CC(N)=S)C(=O)c1ocnc1C. The first-order chi connectivity index (χ1) is 7.56. The van der Waals surface area contributed by atoms with Crippen LogP contribution in [0.1, 0.15) is 29.6 Å². The Morgan fingerprint density at radius 2 is 2.38 bits per heavy atom. The zero-order valence-electron chi connectivity index (χ0n) is 9.40. The molecule has 1 heterocycles. The van der Waals surface area contributed by atoms with Gasteiger partial charge in [0.1, 0.15) is 0 Å². The predicted molar refractivity (Wildman–Crippen MR) is 64.2 cm³/mol. The Kier molecular flexibility index (Phi) is 4.42. The van der Waals surface area contributed by atoms with Gasteiger partial charge < -0.3 is 15.1 Å². The Morgan fingerprint density at radius 1 is 1.69 bits per heavy atom. The van der Waals surface area contributed by atoms with Crippen LogP contribution in [0.4, 0.5) is 0 Å². The van der Waals surface area contributed by atoms with Gasteiger partial charge in [0, 0.05) is 6.54 Å². The van der Waals surface area contributed by atoms with Crippen LogP contribution >= 0.6 is 12.2 Å². The molecule has 16 heavy (non-hydrogen) atoms. The number of amides is 1. The second kappa shape index (κ2) is 5.60. The number of hydrogen-bond donors (Lipinski definition) is 1. The molecule has 1 aromatic rings. The van der Waals surface area contributed by atoms with Gasteiger partial charge in [0.05, 0.1) is 17.2 Å². The van der Waals surface area contributed by atoms with E-state index in [0.29, 0.717) is 17.2 Å². The van der Waals surface area contributed by atoms with Crippen molar-refractivity contribution in [3.05, 3.63) is 17.8 Å². The number of rotatable bonds is 5. The number of oxazole rings is 1. The Balaban J connectivity index is 2.82. The zero-order valence-corrected chi connectivity index (χ0v) is 10.2. The van der Waals surface area contributed by atoms with Crippen LogP contribution in [0.2, 0.25) is 0 Å². The van der Waals surface area contributed by atoms with Gasteiger partial charge in [0.25, 0.3) is 5.91 Å². The molecule has 0 atom stereocenters. The van der Waals surface area contributed by atoms with Crippen LogP contribution in [0.3, 0.4) is 0 Å². The van der Waals surface area contributed by atoms with E-state index in [4.69, 9.17) is 22.4 Å². The van der Waals surface area contributed by atoms with Gasteiger partial charge in [-0.2, -0.15) is 0 Å². The van der Waals surface area contributed by atoms with Crippen LogP contribution in [0, 0.1) is 6.92 Å². The van der Waals surface area contributed by atoms with Gasteiger partial charge in [-0.3, -0.25) is 4.79 Å². The van der Waals surface area contributed by atoms with Gasteiger partial charge in [-0.05, 0) is 13.3 Å². The van der Waals surface area contributed by atoms with E-state index in [9.17, 15) is 4.79 Å². The van der Waals surface area contributed by atoms with E-state index in [2.05, 4.69) is 4.98 Å². The maximum atomic E-state index is 12.0. The van der Waals surface area contributed by atoms with Gasteiger partial charge >= 0.3 is 0 Å². The fraction of sp³-hybridized carbons (Fsp3) is 0.500. The van der Waals surface area contributed by atoms with Crippen LogP contribution in [0.25, 0.3) is 0 Å². The summed E-state index contributed by atoms with van der Waals surface area (Å²) in [4.78, 5) is 17.8. The highest BCUT2D eigenvalue weighted by Gasteiger charge is 2.21. The Labute approximate surface area is 99.6 Å². The number of aryl methyl sites for hydroxylation is 1. The lowest BCUT2D eigenvalue weighted by molar-refractivity contribution is 0.0747. The largest absolute Gasteiger partial charge is 0.438 e. The lowest BCUT2D eigenvalue weighted by Gasteiger charge is -2.20. The Bertz CT molecular complexity index is 389. The van der Waals surface area contributed by atoms with E-state index in [0.717, 1.165) is 6.42 Å². The van der Waals surface area contributed by atoms with Crippen molar-refractivity contribution in [1.29, 1.82) is 0 Å². The Hall–Kier alpha value is -1.43. The molecule has 0 unspecified atom stereocenters. The number of aromatic nitrogens is 1. The van der Waals surface area contributed by atoms with E-state index < -0.39 is 0 Å². The summed E-state index contributed by atoms with van der Waals surface area (Å²) in [7, 11) is 0. The summed E-state index contributed by atoms with van der Waals surface area (Å²) in [5.74, 6) is 0.0364. The third-order valence-electron chi connectivity index (χ3n) is 2.07. The topological polar surface area (TPSA) is 72.4 Å². The molecule has 2 N–H and O–H groups in total. The maximum Gasteiger partial charge on any atom is 0.291 e. The van der Waals surface area contributed by atoms with Gasteiger partial charge in [-0.15, -0.1) is 0 Å². The molecule has 0 fully saturated rings. The van der Waals surface area contributed by atoms with E-state index >= 15 is 0 Å². The number of nitrogens with zero attached hydrogens (tertiary/aromatic N) is 2. The highest BCUT2D eigenvalue weighted by atomic mass is 32.1. The minimum Gasteiger partial charge on any atom is -0.438 e. The average molecular weight is 241 g/mol. The Morgan fingerprint density at radius 3 is 2.81 bits per heavy atom. The number of nitrogens with two attached hydrogens (primary N) is 1. The summed E-state index contributed by atoms with van der Waals surface area (Å²) in [5, 5.41) is 0. The summed E-state index contributed by atoms with van der Waals surface area (Å²) in [6, 6.07) is 0. The van der Waals surface area contributed by atoms with Crippen molar-refractivity contribution in [3.8, 4) is 0 Å². The minimum absolute atomic E-state index is 0.218. The molecule has 1 aromatic heterocycles. The number of hydrogen-bond acceptors (Lipinski definition) is 4. The number of thiocarbonyl (C=S) groups is 1. The van der Waals surface area contributed by atoms with Gasteiger partial charge in [0.2, 0.25) is 5.76 Å². The van der Waals surface area contributed by atoms with E-state index in [1.807, 2.05) is 6.92 Å². The molecular formula is C10H15N3O2S. The summed E-state index contributed by atoms with van der Waals surface area (Å²) in [5.41, 5.74) is 6.02. The third kappa shape index (κ3) is 3.03. The second-order valence-electron chi connectivity index (χ2n) is 3.46. The molecule has 5 nitrogen and oxygen atoms in total. The molecule has 88 valence electrons. The molecular weight excluding hydrogens is 226 g/mol. The van der Waals surface area contributed by atoms with Crippen molar-refractivity contribution in [3.63, 3.8) is 0 Å². The first kappa shape index (κ1) is 12.6. The van der Waals surface area contributed by atoms with Crippen LogP contribution in [0.5, 0.6) is 0 Å². The van der Waals surface area contributed by atoms with Crippen LogP contribution in [-0.4, -0.2) is 33.9 Å². The van der Waals surface area contributed by atoms with Gasteiger partial charge in [0.15, 0.2) is 6.39 Å². The number of carbonyl (C=O) groups is 1. The molecule has 1 rings (SSSR count). The maximum absolute atomic E-state index is 12.0. The minimum atomic E-state index is -0.218. The lowest BCUT2D eigenvalue weighted by atomic mass is 10.3. The van der Waals surface area contributed by atoms with Crippen LogP contribution < -0.4 is 5.73 Å². The van der Waals surface area contributed by atoms with E-state index in [-0.39, 0.29) is 18.2 Å². The summed E-state index contributed by atoms with van der Waals surface area (Å²) in [6.07, 6.45) is 2.09. The lowest BCUT2D eigenvalue weighted by Crippen LogP contribution is -2.38. The second-order valence-corrected chi connectivity index (χ2v) is 3.98. The van der Waals surface area contributed by atoms with Crippen molar-refractivity contribution < 1.29 is 9.21 Å². The molecule has 0 radical (unpaired) electrons. The molecule has 0 bridgehead atoms. The first-order valence-electron chi connectivity index (χ1n) is 5.04. The summed E-state index contributed by atoms with van der Waals surface area (Å²) < 4.78 is 5.05. The fourth-order valence-electron chi connectivity index (χ4n) is 1.36. The molecule has 0 saturated carbocycles. The first-order valence-corrected chi connectivity index (χ1v) is 5.44. The predicted octanol–water partition coefficient (Wildman–Crippen LogP) is 1.12. The van der Waals surface area contributed by atoms with Crippen molar-refractivity contribution in [1.82, 2.24) is 9.88 Å². The van der Waals surface area contributed by atoms with Crippen molar-refractivity contribution in [2.45, 2.75) is 20.3 Å². The van der Waals surface area contributed by atoms with Gasteiger partial charge in [-0.25, -0.2) is 4.98 Å². The highest BCUT2D eigenvalue weighted by molar-refractivity contribution is 7.80. The summed E-state index contributed by atoms with van der Waals surface area (Å²) in [6.45, 7) is 4.56.